The molecule has 1 aromatic heterocycles. The number of hydrogen-bond acceptors (Lipinski definition) is 1. The molecule has 1 heterocycles. The highest BCUT2D eigenvalue weighted by atomic mass is 79.9. The van der Waals surface area contributed by atoms with Crippen molar-refractivity contribution in [2.75, 3.05) is 0 Å². The Morgan fingerprint density at radius 3 is 2.18 bits per heavy atom. The lowest BCUT2D eigenvalue weighted by Gasteiger charge is -2.20. The maximum absolute atomic E-state index is 4.31. The topological polar surface area (TPSA) is 17.8 Å². The fourth-order valence-electron chi connectivity index (χ4n) is 1.12. The van der Waals surface area contributed by atoms with Gasteiger partial charge in [-0.05, 0) is 49.7 Å². The monoisotopic (exact) mass is 216 g/mol. The fourth-order valence-corrected chi connectivity index (χ4v) is 1.61. The second kappa shape index (κ2) is 2.63. The maximum atomic E-state index is 4.31. The molecule has 0 aromatic carbocycles. The van der Waals surface area contributed by atoms with Crippen molar-refractivity contribution in [1.82, 2.24) is 9.78 Å². The Bertz CT molecular complexity index is 258. The molecule has 0 aliphatic carbocycles. The summed E-state index contributed by atoms with van der Waals surface area (Å²) >= 11 is 3.34. The van der Waals surface area contributed by atoms with Crippen LogP contribution in [0.5, 0.6) is 0 Å². The minimum atomic E-state index is 0.0795. The molecule has 0 radical (unpaired) electrons. The van der Waals surface area contributed by atoms with E-state index in [9.17, 15) is 0 Å². The van der Waals surface area contributed by atoms with Gasteiger partial charge in [-0.3, -0.25) is 4.68 Å². The molecule has 11 heavy (non-hydrogen) atoms. The third-order valence-corrected chi connectivity index (χ3v) is 1.88. The van der Waals surface area contributed by atoms with Gasteiger partial charge in [-0.15, -0.1) is 0 Å². The van der Waals surface area contributed by atoms with E-state index in [2.05, 4.69) is 48.7 Å². The van der Waals surface area contributed by atoms with E-state index in [0.717, 1.165) is 4.60 Å². The van der Waals surface area contributed by atoms with Gasteiger partial charge >= 0.3 is 0 Å². The van der Waals surface area contributed by atoms with Gasteiger partial charge in [-0.25, -0.2) is 0 Å². The zero-order chi connectivity index (χ0) is 8.65. The summed E-state index contributed by atoms with van der Waals surface area (Å²) < 4.78 is 2.92. The van der Waals surface area contributed by atoms with Crippen molar-refractivity contribution in [2.45, 2.75) is 33.2 Å². The van der Waals surface area contributed by atoms with Gasteiger partial charge in [-0.1, -0.05) is 0 Å². The van der Waals surface area contributed by atoms with Crippen LogP contribution in [0.1, 0.15) is 26.5 Å². The van der Waals surface area contributed by atoms with E-state index >= 15 is 0 Å². The van der Waals surface area contributed by atoms with Crippen molar-refractivity contribution in [2.24, 2.45) is 0 Å². The molecule has 0 atom stereocenters. The minimum absolute atomic E-state index is 0.0795. The Morgan fingerprint density at radius 1 is 1.45 bits per heavy atom. The van der Waals surface area contributed by atoms with E-state index in [1.807, 2.05) is 10.7 Å². The van der Waals surface area contributed by atoms with Gasteiger partial charge in [0.2, 0.25) is 0 Å². The zero-order valence-electron chi connectivity index (χ0n) is 7.35. The highest BCUT2D eigenvalue weighted by Crippen LogP contribution is 2.18. The third-order valence-electron chi connectivity index (χ3n) is 1.49. The van der Waals surface area contributed by atoms with Crippen molar-refractivity contribution < 1.29 is 0 Å². The predicted octanol–water partition coefficient (Wildman–Crippen LogP) is 2.71. The van der Waals surface area contributed by atoms with Crippen LogP contribution in [0.15, 0.2) is 10.7 Å². The Morgan fingerprint density at radius 2 is 2.00 bits per heavy atom. The predicted molar refractivity (Wildman–Crippen MR) is 49.7 cm³/mol. The van der Waals surface area contributed by atoms with E-state index in [1.54, 1.807) is 0 Å². The summed E-state index contributed by atoms with van der Waals surface area (Å²) in [7, 11) is 0. The van der Waals surface area contributed by atoms with E-state index in [1.165, 1.54) is 5.69 Å². The molecule has 1 rings (SSSR count). The molecule has 0 saturated carbocycles. The summed E-state index contributed by atoms with van der Waals surface area (Å²) in [6, 6.07) is 2.02. The van der Waals surface area contributed by atoms with Crippen LogP contribution in [0, 0.1) is 6.92 Å². The molecule has 0 bridgehead atoms. The average Bonchev–Trinajstić information content (AvgIpc) is 2.08. The number of halogens is 1. The number of aromatic nitrogens is 2. The lowest BCUT2D eigenvalue weighted by molar-refractivity contribution is 0.347. The Labute approximate surface area is 75.7 Å². The van der Waals surface area contributed by atoms with Gasteiger partial charge in [0.1, 0.15) is 4.60 Å². The highest BCUT2D eigenvalue weighted by molar-refractivity contribution is 9.10. The largest absolute Gasteiger partial charge is 0.263 e. The quantitative estimate of drug-likeness (QED) is 0.653. The summed E-state index contributed by atoms with van der Waals surface area (Å²) in [6.07, 6.45) is 0. The first kappa shape index (κ1) is 8.78. The third kappa shape index (κ3) is 1.83. The highest BCUT2D eigenvalue weighted by Gasteiger charge is 2.16. The Kier molecular flexibility index (Phi) is 2.10. The molecular weight excluding hydrogens is 204 g/mol. The summed E-state index contributed by atoms with van der Waals surface area (Å²) in [5.41, 5.74) is 1.26. The zero-order valence-corrected chi connectivity index (χ0v) is 8.94. The molecule has 0 unspecified atom stereocenters. The molecular formula is C8H13BrN2. The molecule has 0 aliphatic rings. The first-order valence-corrected chi connectivity index (χ1v) is 4.43. The normalized spacial score (nSPS) is 12.1. The molecule has 0 spiro atoms. The SMILES string of the molecule is Cc1cc(Br)nn1C(C)(C)C. The van der Waals surface area contributed by atoms with Gasteiger partial charge in [0, 0.05) is 5.69 Å². The molecule has 0 saturated heterocycles. The van der Waals surface area contributed by atoms with Gasteiger partial charge in [0.05, 0.1) is 5.54 Å². The van der Waals surface area contributed by atoms with Gasteiger partial charge in [-0.2, -0.15) is 5.10 Å². The van der Waals surface area contributed by atoms with Crippen LogP contribution in [0.2, 0.25) is 0 Å². The van der Waals surface area contributed by atoms with Crippen molar-refractivity contribution in [3.8, 4) is 0 Å². The lowest BCUT2D eigenvalue weighted by Crippen LogP contribution is -2.24. The standard InChI is InChI=1S/C8H13BrN2/c1-6-5-7(9)10-11(6)8(2,3)4/h5H,1-4H3. The van der Waals surface area contributed by atoms with E-state index in [-0.39, 0.29) is 5.54 Å². The van der Waals surface area contributed by atoms with Crippen molar-refractivity contribution >= 4 is 15.9 Å². The van der Waals surface area contributed by atoms with Crippen molar-refractivity contribution in [3.05, 3.63) is 16.4 Å². The lowest BCUT2D eigenvalue weighted by atomic mass is 10.1. The van der Waals surface area contributed by atoms with E-state index in [0.29, 0.717) is 0 Å². The van der Waals surface area contributed by atoms with Gasteiger partial charge in [0.15, 0.2) is 0 Å². The van der Waals surface area contributed by atoms with Crippen molar-refractivity contribution in [1.29, 1.82) is 0 Å². The number of nitrogens with zero attached hydrogens (tertiary/aromatic N) is 2. The number of rotatable bonds is 0. The molecule has 0 aliphatic heterocycles. The van der Waals surface area contributed by atoms with Crippen LogP contribution >= 0.6 is 15.9 Å². The number of hydrogen-bond donors (Lipinski definition) is 0. The molecule has 3 heteroatoms. The smallest absolute Gasteiger partial charge is 0.128 e. The van der Waals surface area contributed by atoms with Crippen LogP contribution < -0.4 is 0 Å². The summed E-state index contributed by atoms with van der Waals surface area (Å²) in [5.74, 6) is 0. The number of aryl methyl sites for hydroxylation is 1. The second-order valence-corrected chi connectivity index (χ2v) is 4.50. The maximum Gasteiger partial charge on any atom is 0.128 e. The summed E-state index contributed by atoms with van der Waals surface area (Å²) in [4.78, 5) is 0. The second-order valence-electron chi connectivity index (χ2n) is 3.69. The average molecular weight is 217 g/mol. The fraction of sp³-hybridized carbons (Fsp3) is 0.625. The molecule has 62 valence electrons. The van der Waals surface area contributed by atoms with Crippen molar-refractivity contribution in [3.63, 3.8) is 0 Å². The summed E-state index contributed by atoms with van der Waals surface area (Å²) in [5, 5.41) is 4.31. The van der Waals surface area contributed by atoms with Crippen LogP contribution in [0.4, 0.5) is 0 Å². The van der Waals surface area contributed by atoms with Crippen LogP contribution in [-0.2, 0) is 5.54 Å². The molecule has 0 fully saturated rings. The van der Waals surface area contributed by atoms with Gasteiger partial charge in [0.25, 0.3) is 0 Å². The van der Waals surface area contributed by atoms with E-state index < -0.39 is 0 Å². The minimum Gasteiger partial charge on any atom is -0.263 e. The first-order chi connectivity index (χ1) is 4.91. The van der Waals surface area contributed by atoms with E-state index in [4.69, 9.17) is 0 Å². The molecule has 0 N–H and O–H groups in total. The molecule has 1 aromatic rings. The summed E-state index contributed by atoms with van der Waals surface area (Å²) in [6.45, 7) is 8.47. The van der Waals surface area contributed by atoms with Crippen LogP contribution in [-0.4, -0.2) is 9.78 Å². The van der Waals surface area contributed by atoms with Crippen LogP contribution in [0.25, 0.3) is 0 Å². The Balaban J connectivity index is 3.13. The molecule has 2 nitrogen and oxygen atoms in total. The first-order valence-electron chi connectivity index (χ1n) is 3.64. The Hall–Kier alpha value is -0.310. The van der Waals surface area contributed by atoms with Gasteiger partial charge < -0.3 is 0 Å². The molecule has 0 amide bonds. The van der Waals surface area contributed by atoms with Crippen LogP contribution in [0.3, 0.4) is 0 Å².